The van der Waals surface area contributed by atoms with Crippen LogP contribution in [0.25, 0.3) is 17.0 Å². The lowest BCUT2D eigenvalue weighted by molar-refractivity contribution is -0.135. The van der Waals surface area contributed by atoms with Gasteiger partial charge in [0.05, 0.1) is 4.91 Å². The molecule has 0 unspecified atom stereocenters. The smallest absolute Gasteiger partial charge is 0.266 e. The lowest BCUT2D eigenvalue weighted by atomic mass is 10.0. The van der Waals surface area contributed by atoms with Crippen LogP contribution in [0.3, 0.4) is 0 Å². The number of piperidine rings is 1. The summed E-state index contributed by atoms with van der Waals surface area (Å²) in [5, 5.41) is 1.01. The summed E-state index contributed by atoms with van der Waals surface area (Å²) in [7, 11) is 0. The van der Waals surface area contributed by atoms with Crippen molar-refractivity contribution in [3.8, 4) is 0 Å². The average molecular weight is 535 g/mol. The summed E-state index contributed by atoms with van der Waals surface area (Å²) < 4.78 is 3.57. The first kappa shape index (κ1) is 23.5. The molecule has 0 N–H and O–H groups in total. The first-order valence-electron chi connectivity index (χ1n) is 11.1. The van der Waals surface area contributed by atoms with Crippen molar-refractivity contribution in [1.29, 1.82) is 0 Å². The number of thiocarbonyl (C=S) groups is 1. The van der Waals surface area contributed by atoms with Gasteiger partial charge in [0, 0.05) is 46.3 Å². The van der Waals surface area contributed by atoms with E-state index in [0.29, 0.717) is 28.2 Å². The Labute approximate surface area is 207 Å². The molecule has 1 aromatic heterocycles. The highest BCUT2D eigenvalue weighted by Crippen LogP contribution is 2.35. The van der Waals surface area contributed by atoms with Crippen molar-refractivity contribution in [3.63, 3.8) is 0 Å². The number of thioether (sulfide) groups is 1. The summed E-state index contributed by atoms with van der Waals surface area (Å²) in [6.07, 6.45) is 7.22. The molecule has 2 saturated heterocycles. The number of halogens is 1. The Balaban J connectivity index is 1.66. The number of benzene rings is 1. The van der Waals surface area contributed by atoms with Crippen LogP contribution in [0.2, 0.25) is 0 Å². The Bertz CT molecular complexity index is 1110. The highest BCUT2D eigenvalue weighted by Gasteiger charge is 2.32. The maximum Gasteiger partial charge on any atom is 0.266 e. The van der Waals surface area contributed by atoms with Gasteiger partial charge in [-0.1, -0.05) is 53.8 Å². The van der Waals surface area contributed by atoms with Gasteiger partial charge in [-0.05, 0) is 56.4 Å². The summed E-state index contributed by atoms with van der Waals surface area (Å²) in [4.78, 5) is 30.4. The predicted octanol–water partition coefficient (Wildman–Crippen LogP) is 5.66. The zero-order chi connectivity index (χ0) is 23.0. The van der Waals surface area contributed by atoms with Crippen LogP contribution in [0, 0.1) is 5.92 Å². The molecule has 2 aliphatic rings. The van der Waals surface area contributed by atoms with E-state index in [9.17, 15) is 9.59 Å². The van der Waals surface area contributed by atoms with E-state index >= 15 is 0 Å². The lowest BCUT2D eigenvalue weighted by Gasteiger charge is -2.33. The summed E-state index contributed by atoms with van der Waals surface area (Å²) >= 11 is 10.4. The van der Waals surface area contributed by atoms with Gasteiger partial charge in [0.1, 0.15) is 10.9 Å². The minimum atomic E-state index is -0.0391. The van der Waals surface area contributed by atoms with Gasteiger partial charge < -0.3 is 9.47 Å². The van der Waals surface area contributed by atoms with E-state index in [1.54, 1.807) is 4.90 Å². The van der Waals surface area contributed by atoms with E-state index in [-0.39, 0.29) is 17.9 Å². The normalized spacial score (nSPS) is 20.9. The fourth-order valence-electron chi connectivity index (χ4n) is 4.41. The van der Waals surface area contributed by atoms with Crippen LogP contribution in [-0.2, 0) is 16.1 Å². The molecule has 3 heterocycles. The molecule has 0 radical (unpaired) electrons. The van der Waals surface area contributed by atoms with Crippen molar-refractivity contribution in [2.45, 2.75) is 52.6 Å². The molecule has 32 heavy (non-hydrogen) atoms. The zero-order valence-electron chi connectivity index (χ0n) is 18.6. The summed E-state index contributed by atoms with van der Waals surface area (Å²) in [6.45, 7) is 8.03. The monoisotopic (exact) mass is 533 g/mol. The third-order valence-corrected chi connectivity index (χ3v) is 7.88. The predicted molar refractivity (Wildman–Crippen MR) is 139 cm³/mol. The maximum absolute atomic E-state index is 13.1. The average Bonchev–Trinajstić information content (AvgIpc) is 3.19. The SMILES string of the molecule is CC(C)CN1C(=O)/C(=C/c2cn(CC(=O)N3CCCC[C@H]3C)c3ccc(Br)cc23)SC1=S. The minimum absolute atomic E-state index is 0.0391. The zero-order valence-corrected chi connectivity index (χ0v) is 21.9. The topological polar surface area (TPSA) is 45.6 Å². The molecule has 2 aliphatic heterocycles. The van der Waals surface area contributed by atoms with Crippen molar-refractivity contribution in [2.24, 2.45) is 5.92 Å². The van der Waals surface area contributed by atoms with Crippen LogP contribution in [0.15, 0.2) is 33.8 Å². The van der Waals surface area contributed by atoms with Gasteiger partial charge in [0.15, 0.2) is 0 Å². The molecular weight excluding hydrogens is 506 g/mol. The Morgan fingerprint density at radius 2 is 2.12 bits per heavy atom. The van der Waals surface area contributed by atoms with E-state index in [1.165, 1.54) is 18.2 Å². The molecular formula is C24H28BrN3O2S2. The van der Waals surface area contributed by atoms with Crippen molar-refractivity contribution in [1.82, 2.24) is 14.4 Å². The first-order valence-corrected chi connectivity index (χ1v) is 13.1. The molecule has 0 aliphatic carbocycles. The molecule has 2 aromatic rings. The van der Waals surface area contributed by atoms with E-state index in [4.69, 9.17) is 12.2 Å². The largest absolute Gasteiger partial charge is 0.338 e. The standard InChI is InChI=1S/C24H28BrN3O2S2/c1-15(2)12-28-23(30)21(32-24(28)31)10-17-13-26(20-8-7-18(25)11-19(17)20)14-22(29)27-9-5-4-6-16(27)3/h7-8,10-11,13,15-16H,4-6,9,12,14H2,1-3H3/b21-10-/t16-/m1/s1. The van der Waals surface area contributed by atoms with E-state index < -0.39 is 0 Å². The number of amides is 2. The quantitative estimate of drug-likeness (QED) is 0.367. The number of carbonyl (C=O) groups is 2. The fourth-order valence-corrected chi connectivity index (χ4v) is 6.04. The molecule has 0 saturated carbocycles. The van der Waals surface area contributed by atoms with Crippen LogP contribution >= 0.6 is 39.9 Å². The number of carbonyl (C=O) groups excluding carboxylic acids is 2. The van der Waals surface area contributed by atoms with E-state index in [1.807, 2.05) is 39.9 Å². The minimum Gasteiger partial charge on any atom is -0.338 e. The molecule has 2 amide bonds. The van der Waals surface area contributed by atoms with Gasteiger partial charge in [-0.15, -0.1) is 0 Å². The second kappa shape index (κ2) is 9.69. The Kier molecular flexibility index (Phi) is 7.12. The second-order valence-electron chi connectivity index (χ2n) is 8.99. The third kappa shape index (κ3) is 4.82. The van der Waals surface area contributed by atoms with Crippen molar-refractivity contribution >= 4 is 73.0 Å². The molecule has 2 fully saturated rings. The first-order chi connectivity index (χ1) is 15.2. The maximum atomic E-state index is 13.1. The number of aromatic nitrogens is 1. The van der Waals surface area contributed by atoms with Crippen LogP contribution < -0.4 is 0 Å². The van der Waals surface area contributed by atoms with Crippen molar-refractivity contribution in [2.75, 3.05) is 13.1 Å². The van der Waals surface area contributed by atoms with Gasteiger partial charge >= 0.3 is 0 Å². The highest BCUT2D eigenvalue weighted by molar-refractivity contribution is 9.10. The second-order valence-corrected chi connectivity index (χ2v) is 11.6. The molecule has 8 heteroatoms. The van der Waals surface area contributed by atoms with Gasteiger partial charge in [-0.2, -0.15) is 0 Å². The van der Waals surface area contributed by atoms with Crippen LogP contribution in [0.1, 0.15) is 45.6 Å². The van der Waals surface area contributed by atoms with E-state index in [2.05, 4.69) is 36.7 Å². The van der Waals surface area contributed by atoms with Gasteiger partial charge in [-0.25, -0.2) is 0 Å². The fraction of sp³-hybridized carbons (Fsp3) is 0.458. The molecule has 0 spiro atoms. The third-order valence-electron chi connectivity index (χ3n) is 6.01. The molecule has 4 rings (SSSR count). The number of likely N-dealkylation sites (tertiary alicyclic amines) is 1. The molecule has 1 aromatic carbocycles. The lowest BCUT2D eigenvalue weighted by Crippen LogP contribution is -2.43. The number of hydrogen-bond donors (Lipinski definition) is 0. The summed E-state index contributed by atoms with van der Waals surface area (Å²) in [5.74, 6) is 0.451. The number of rotatable bonds is 5. The molecule has 170 valence electrons. The van der Waals surface area contributed by atoms with E-state index in [0.717, 1.165) is 40.3 Å². The molecule has 0 bridgehead atoms. The van der Waals surface area contributed by atoms with Crippen LogP contribution in [-0.4, -0.2) is 49.6 Å². The number of fused-ring (bicyclic) bond motifs is 1. The van der Waals surface area contributed by atoms with Gasteiger partial charge in [0.2, 0.25) is 5.91 Å². The van der Waals surface area contributed by atoms with Crippen LogP contribution in [0.4, 0.5) is 0 Å². The van der Waals surface area contributed by atoms with Gasteiger partial charge in [0.25, 0.3) is 5.91 Å². The van der Waals surface area contributed by atoms with Crippen molar-refractivity contribution < 1.29 is 9.59 Å². The molecule has 5 nitrogen and oxygen atoms in total. The Morgan fingerprint density at radius 3 is 2.84 bits per heavy atom. The molecule has 1 atom stereocenters. The highest BCUT2D eigenvalue weighted by atomic mass is 79.9. The van der Waals surface area contributed by atoms with Crippen molar-refractivity contribution in [3.05, 3.63) is 39.3 Å². The summed E-state index contributed by atoms with van der Waals surface area (Å²) in [6, 6.07) is 6.33. The summed E-state index contributed by atoms with van der Waals surface area (Å²) in [5.41, 5.74) is 1.90. The van der Waals surface area contributed by atoms with Crippen LogP contribution in [0.5, 0.6) is 0 Å². The Morgan fingerprint density at radius 1 is 1.34 bits per heavy atom. The Hall–Kier alpha value is -1.64. The number of hydrogen-bond acceptors (Lipinski definition) is 4. The van der Waals surface area contributed by atoms with Gasteiger partial charge in [-0.3, -0.25) is 14.5 Å². The number of nitrogens with zero attached hydrogens (tertiary/aromatic N) is 3.